The molecule has 0 radical (unpaired) electrons. The number of carbonyl (C=O) groups is 2. The lowest BCUT2D eigenvalue weighted by Gasteiger charge is -2.10. The fourth-order valence-corrected chi connectivity index (χ4v) is 3.47. The van der Waals surface area contributed by atoms with Gasteiger partial charge in [-0.05, 0) is 49.7 Å². The standard InChI is InChI=1S/C25H26N6O4/c1-3-5-15-35-25(33)30-24-28-20-19(21(26)32)27-22(16-11-13-18(14-12-16)34-4-2)29-23(20)31(24)17-9-7-6-8-10-17/h6-14H,3-5,15H2,1-2H3,(H2,26,32)(H,28,30,33). The Morgan fingerprint density at radius 2 is 1.74 bits per heavy atom. The predicted molar refractivity (Wildman–Crippen MR) is 132 cm³/mol. The van der Waals surface area contributed by atoms with E-state index in [1.165, 1.54) is 0 Å². The van der Waals surface area contributed by atoms with Crippen molar-refractivity contribution in [3.8, 4) is 22.8 Å². The van der Waals surface area contributed by atoms with Gasteiger partial charge in [-0.25, -0.2) is 19.7 Å². The van der Waals surface area contributed by atoms with Crippen LogP contribution in [-0.2, 0) is 4.74 Å². The molecule has 4 rings (SSSR count). The number of nitrogens with zero attached hydrogens (tertiary/aromatic N) is 4. The molecule has 3 N–H and O–H groups in total. The molecule has 0 saturated heterocycles. The van der Waals surface area contributed by atoms with Gasteiger partial charge in [0.15, 0.2) is 17.2 Å². The molecule has 10 nitrogen and oxygen atoms in total. The molecule has 4 aromatic rings. The van der Waals surface area contributed by atoms with Gasteiger partial charge in [-0.15, -0.1) is 0 Å². The molecule has 0 unspecified atom stereocenters. The zero-order chi connectivity index (χ0) is 24.8. The second-order valence-electron chi connectivity index (χ2n) is 7.61. The fourth-order valence-electron chi connectivity index (χ4n) is 3.47. The molecule has 35 heavy (non-hydrogen) atoms. The largest absolute Gasteiger partial charge is 0.494 e. The molecule has 2 heterocycles. The van der Waals surface area contributed by atoms with Crippen LogP contribution in [0.1, 0.15) is 37.2 Å². The summed E-state index contributed by atoms with van der Waals surface area (Å²) in [5.41, 5.74) is 7.41. The summed E-state index contributed by atoms with van der Waals surface area (Å²) in [4.78, 5) is 38.3. The Labute approximate surface area is 202 Å². The van der Waals surface area contributed by atoms with E-state index in [0.29, 0.717) is 29.3 Å². The molecule has 2 aromatic heterocycles. The molecule has 10 heteroatoms. The van der Waals surface area contributed by atoms with Crippen molar-refractivity contribution in [2.45, 2.75) is 26.7 Å². The molecular weight excluding hydrogens is 448 g/mol. The lowest BCUT2D eigenvalue weighted by molar-refractivity contribution is 0.0997. The van der Waals surface area contributed by atoms with E-state index >= 15 is 0 Å². The van der Waals surface area contributed by atoms with Gasteiger partial charge in [0, 0.05) is 5.56 Å². The van der Waals surface area contributed by atoms with Gasteiger partial charge in [-0.1, -0.05) is 31.5 Å². The highest BCUT2D eigenvalue weighted by atomic mass is 16.5. The molecule has 0 saturated carbocycles. The van der Waals surface area contributed by atoms with Crippen molar-refractivity contribution in [2.24, 2.45) is 5.73 Å². The molecule has 0 aliphatic carbocycles. The smallest absolute Gasteiger partial charge is 0.413 e. The maximum Gasteiger partial charge on any atom is 0.413 e. The van der Waals surface area contributed by atoms with Crippen molar-refractivity contribution in [2.75, 3.05) is 18.5 Å². The Hall–Kier alpha value is -4.47. The Kier molecular flexibility index (Phi) is 7.20. The number of fused-ring (bicyclic) bond motifs is 1. The van der Waals surface area contributed by atoms with Gasteiger partial charge in [-0.3, -0.25) is 14.7 Å². The van der Waals surface area contributed by atoms with Crippen LogP contribution in [-0.4, -0.2) is 44.7 Å². The molecule has 0 spiro atoms. The summed E-state index contributed by atoms with van der Waals surface area (Å²) >= 11 is 0. The van der Waals surface area contributed by atoms with Gasteiger partial charge in [0.1, 0.15) is 11.3 Å². The zero-order valence-corrected chi connectivity index (χ0v) is 19.5. The number of imidazole rings is 1. The number of hydrogen-bond donors (Lipinski definition) is 2. The molecule has 180 valence electrons. The van der Waals surface area contributed by atoms with E-state index in [1.54, 1.807) is 28.8 Å². The maximum absolute atomic E-state index is 12.4. The van der Waals surface area contributed by atoms with Crippen LogP contribution in [0.5, 0.6) is 5.75 Å². The summed E-state index contributed by atoms with van der Waals surface area (Å²) in [6, 6.07) is 16.4. The topological polar surface area (TPSA) is 134 Å². The predicted octanol–water partition coefficient (Wildman–Crippen LogP) is 4.33. The van der Waals surface area contributed by atoms with Crippen LogP contribution < -0.4 is 15.8 Å². The number of nitrogens with one attached hydrogen (secondary N) is 1. The highest BCUT2D eigenvalue weighted by Gasteiger charge is 2.23. The third-order valence-electron chi connectivity index (χ3n) is 5.12. The maximum atomic E-state index is 12.4. The number of unbranched alkanes of at least 4 members (excludes halogenated alkanes) is 1. The number of aromatic nitrogens is 4. The van der Waals surface area contributed by atoms with Crippen molar-refractivity contribution in [1.82, 2.24) is 19.5 Å². The van der Waals surface area contributed by atoms with Crippen LogP contribution in [0.2, 0.25) is 0 Å². The third-order valence-corrected chi connectivity index (χ3v) is 5.12. The van der Waals surface area contributed by atoms with E-state index in [4.69, 9.17) is 20.2 Å². The minimum atomic E-state index is -0.764. The number of amides is 2. The van der Waals surface area contributed by atoms with E-state index in [9.17, 15) is 9.59 Å². The first-order valence-corrected chi connectivity index (χ1v) is 11.3. The van der Waals surface area contributed by atoms with Gasteiger partial charge in [0.05, 0.1) is 18.9 Å². The average molecular weight is 475 g/mol. The summed E-state index contributed by atoms with van der Waals surface area (Å²) in [5.74, 6) is 0.353. The first kappa shape index (κ1) is 23.7. The summed E-state index contributed by atoms with van der Waals surface area (Å²) in [6.45, 7) is 4.73. The van der Waals surface area contributed by atoms with Crippen LogP contribution in [0.4, 0.5) is 10.7 Å². The summed E-state index contributed by atoms with van der Waals surface area (Å²) in [7, 11) is 0. The fraction of sp³-hybridized carbons (Fsp3) is 0.240. The van der Waals surface area contributed by atoms with Gasteiger partial charge >= 0.3 is 6.09 Å². The number of anilines is 1. The van der Waals surface area contributed by atoms with Crippen LogP contribution in [0, 0.1) is 0 Å². The Balaban J connectivity index is 1.86. The van der Waals surface area contributed by atoms with Crippen molar-refractivity contribution < 1.29 is 19.1 Å². The lowest BCUT2D eigenvalue weighted by Crippen LogP contribution is -2.17. The molecule has 2 aromatic carbocycles. The second-order valence-corrected chi connectivity index (χ2v) is 7.61. The van der Waals surface area contributed by atoms with E-state index in [0.717, 1.165) is 12.8 Å². The molecule has 2 amide bonds. The molecule has 0 fully saturated rings. The molecule has 0 aliphatic heterocycles. The molecule has 0 aliphatic rings. The monoisotopic (exact) mass is 474 g/mol. The minimum absolute atomic E-state index is 0.0593. The number of para-hydroxylation sites is 1. The third kappa shape index (κ3) is 5.21. The zero-order valence-electron chi connectivity index (χ0n) is 19.5. The van der Waals surface area contributed by atoms with Crippen LogP contribution >= 0.6 is 0 Å². The van der Waals surface area contributed by atoms with E-state index < -0.39 is 12.0 Å². The highest BCUT2D eigenvalue weighted by molar-refractivity contribution is 6.03. The van der Waals surface area contributed by atoms with Gasteiger partial charge in [0.25, 0.3) is 5.91 Å². The van der Waals surface area contributed by atoms with Gasteiger partial charge < -0.3 is 15.2 Å². The van der Waals surface area contributed by atoms with Crippen LogP contribution in [0.15, 0.2) is 54.6 Å². The first-order valence-electron chi connectivity index (χ1n) is 11.3. The number of hydrogen-bond acceptors (Lipinski definition) is 7. The number of carbonyl (C=O) groups excluding carboxylic acids is 2. The first-order chi connectivity index (χ1) is 17.0. The molecule has 0 bridgehead atoms. The molecular formula is C25H26N6O4. The Bertz CT molecular complexity index is 1340. The highest BCUT2D eigenvalue weighted by Crippen LogP contribution is 2.28. The van der Waals surface area contributed by atoms with Crippen molar-refractivity contribution in [3.63, 3.8) is 0 Å². The minimum Gasteiger partial charge on any atom is -0.494 e. The SMILES string of the molecule is CCCCOC(=O)Nc1nc2c(C(N)=O)nc(-c3ccc(OCC)cc3)nc2n1-c1ccccc1. The van der Waals surface area contributed by atoms with Crippen molar-refractivity contribution in [3.05, 3.63) is 60.3 Å². The normalized spacial score (nSPS) is 10.8. The van der Waals surface area contributed by atoms with Gasteiger partial charge in [-0.2, -0.15) is 0 Å². The van der Waals surface area contributed by atoms with Crippen molar-refractivity contribution >= 4 is 29.1 Å². The summed E-state index contributed by atoms with van der Waals surface area (Å²) in [6.07, 6.45) is 0.971. The van der Waals surface area contributed by atoms with Crippen molar-refractivity contribution in [1.29, 1.82) is 0 Å². The Morgan fingerprint density at radius 3 is 2.40 bits per heavy atom. The Morgan fingerprint density at radius 1 is 1.00 bits per heavy atom. The quantitative estimate of drug-likeness (QED) is 0.345. The van der Waals surface area contributed by atoms with Crippen LogP contribution in [0.3, 0.4) is 0 Å². The number of rotatable bonds is 9. The number of ether oxygens (including phenoxy) is 2. The summed E-state index contributed by atoms with van der Waals surface area (Å²) in [5, 5.41) is 2.66. The molecule has 0 atom stereocenters. The van der Waals surface area contributed by atoms with Crippen LogP contribution in [0.25, 0.3) is 28.2 Å². The second kappa shape index (κ2) is 10.6. The van der Waals surface area contributed by atoms with Gasteiger partial charge in [0.2, 0.25) is 5.95 Å². The van der Waals surface area contributed by atoms with E-state index in [-0.39, 0.29) is 29.6 Å². The van der Waals surface area contributed by atoms with E-state index in [2.05, 4.69) is 15.3 Å². The number of benzene rings is 2. The lowest BCUT2D eigenvalue weighted by atomic mass is 10.2. The number of nitrogens with two attached hydrogens (primary N) is 1. The average Bonchev–Trinajstić information content (AvgIpc) is 3.22. The van der Waals surface area contributed by atoms with E-state index in [1.807, 2.05) is 44.2 Å². The number of primary amides is 1. The summed E-state index contributed by atoms with van der Waals surface area (Å²) < 4.78 is 12.4.